The minimum atomic E-state index is 0.322. The van der Waals surface area contributed by atoms with Gasteiger partial charge in [0.05, 0.1) is 0 Å². The fraction of sp³-hybridized carbons (Fsp3) is 0.882. The molecule has 0 aliphatic carbocycles. The first kappa shape index (κ1) is 18.1. The number of allylic oxidation sites excluding steroid dienone is 1. The molecule has 1 heteroatoms. The maximum Gasteiger partial charge on any atom is 0.0140 e. The maximum absolute atomic E-state index is 4.27. The third kappa shape index (κ3) is 11.2. The Morgan fingerprint density at radius 1 is 0.889 bits per heavy atom. The summed E-state index contributed by atoms with van der Waals surface area (Å²) in [5.41, 5.74) is 2.25. The van der Waals surface area contributed by atoms with Crippen molar-refractivity contribution in [2.45, 2.75) is 79.4 Å². The molecule has 0 spiro atoms. The van der Waals surface area contributed by atoms with Crippen molar-refractivity contribution >= 4 is 11.8 Å². The second kappa shape index (κ2) is 6.50. The van der Waals surface area contributed by atoms with Gasteiger partial charge in [-0.3, -0.25) is 0 Å². The van der Waals surface area contributed by atoms with Crippen molar-refractivity contribution in [3.8, 4) is 0 Å². The van der Waals surface area contributed by atoms with Crippen molar-refractivity contribution in [3.05, 3.63) is 12.2 Å². The molecule has 0 heterocycles. The highest BCUT2D eigenvalue weighted by Gasteiger charge is 2.23. The minimum absolute atomic E-state index is 0.322. The van der Waals surface area contributed by atoms with Gasteiger partial charge >= 0.3 is 0 Å². The molecule has 0 aliphatic heterocycles. The van der Waals surface area contributed by atoms with Gasteiger partial charge < -0.3 is 0 Å². The molecule has 0 bridgehead atoms. The summed E-state index contributed by atoms with van der Waals surface area (Å²) in [6.45, 7) is 22.8. The standard InChI is InChI=1S/C17H34S/c1-14(10-11-15(2,3)4)12-17(8,9)18-13-16(5,6)7/h1,10-13H2,2-9H3. The highest BCUT2D eigenvalue weighted by Crippen LogP contribution is 2.36. The third-order valence-electron chi connectivity index (χ3n) is 2.80. The van der Waals surface area contributed by atoms with Crippen molar-refractivity contribution in [2.24, 2.45) is 10.8 Å². The molecule has 0 aromatic heterocycles. The normalized spacial score (nSPS) is 13.8. The van der Waals surface area contributed by atoms with Gasteiger partial charge in [-0.1, -0.05) is 67.5 Å². The Balaban J connectivity index is 4.12. The third-order valence-corrected chi connectivity index (χ3v) is 4.74. The van der Waals surface area contributed by atoms with Crippen molar-refractivity contribution in [3.63, 3.8) is 0 Å². The van der Waals surface area contributed by atoms with Crippen LogP contribution in [0, 0.1) is 10.8 Å². The zero-order valence-corrected chi connectivity index (χ0v) is 14.8. The Kier molecular flexibility index (Phi) is 6.53. The van der Waals surface area contributed by atoms with Gasteiger partial charge in [0, 0.05) is 4.75 Å². The Labute approximate surface area is 120 Å². The van der Waals surface area contributed by atoms with Gasteiger partial charge in [-0.05, 0) is 35.8 Å². The van der Waals surface area contributed by atoms with Crippen LogP contribution < -0.4 is 0 Å². The van der Waals surface area contributed by atoms with E-state index in [0.717, 1.165) is 6.42 Å². The van der Waals surface area contributed by atoms with Crippen LogP contribution in [0.1, 0.15) is 74.7 Å². The molecule has 0 fully saturated rings. The molecule has 0 saturated heterocycles. The molecule has 0 saturated carbocycles. The van der Waals surface area contributed by atoms with E-state index in [1.807, 2.05) is 0 Å². The van der Waals surface area contributed by atoms with Crippen molar-refractivity contribution < 1.29 is 0 Å². The van der Waals surface area contributed by atoms with Gasteiger partial charge in [0.2, 0.25) is 0 Å². The predicted molar refractivity (Wildman–Crippen MR) is 88.4 cm³/mol. The van der Waals surface area contributed by atoms with E-state index in [0.29, 0.717) is 15.6 Å². The molecule has 0 nitrogen and oxygen atoms in total. The van der Waals surface area contributed by atoms with Crippen LogP contribution >= 0.6 is 11.8 Å². The summed E-state index contributed by atoms with van der Waals surface area (Å²) >= 11 is 2.09. The van der Waals surface area contributed by atoms with Crippen LogP contribution in [0.2, 0.25) is 0 Å². The summed E-state index contributed by atoms with van der Waals surface area (Å²) in [6.07, 6.45) is 3.55. The minimum Gasteiger partial charge on any atom is -0.155 e. The lowest BCUT2D eigenvalue weighted by Gasteiger charge is -2.30. The lowest BCUT2D eigenvalue weighted by atomic mass is 9.87. The molecule has 18 heavy (non-hydrogen) atoms. The number of hydrogen-bond acceptors (Lipinski definition) is 1. The van der Waals surface area contributed by atoms with E-state index < -0.39 is 0 Å². The molecule has 0 rings (SSSR count). The van der Waals surface area contributed by atoms with E-state index >= 15 is 0 Å². The molecule has 0 radical (unpaired) electrons. The first-order valence-corrected chi connectivity index (χ1v) is 8.10. The van der Waals surface area contributed by atoms with E-state index in [1.165, 1.54) is 24.2 Å². The molecular formula is C17H34S. The van der Waals surface area contributed by atoms with Crippen LogP contribution in [0.15, 0.2) is 12.2 Å². The Morgan fingerprint density at radius 2 is 1.39 bits per heavy atom. The van der Waals surface area contributed by atoms with Crippen molar-refractivity contribution in [2.75, 3.05) is 5.75 Å². The summed E-state index contributed by atoms with van der Waals surface area (Å²) < 4.78 is 0.322. The average molecular weight is 271 g/mol. The second-order valence-electron chi connectivity index (χ2n) is 8.60. The first-order chi connectivity index (χ1) is 7.81. The zero-order valence-electron chi connectivity index (χ0n) is 13.9. The lowest BCUT2D eigenvalue weighted by Crippen LogP contribution is -2.21. The number of hydrogen-bond donors (Lipinski definition) is 0. The van der Waals surface area contributed by atoms with Crippen LogP contribution in [0.5, 0.6) is 0 Å². The number of rotatable bonds is 6. The Bertz CT molecular complexity index is 260. The fourth-order valence-corrected chi connectivity index (χ4v) is 2.84. The van der Waals surface area contributed by atoms with Gasteiger partial charge in [0.25, 0.3) is 0 Å². The van der Waals surface area contributed by atoms with Gasteiger partial charge in [0.15, 0.2) is 0 Å². The summed E-state index contributed by atoms with van der Waals surface area (Å²) in [7, 11) is 0. The summed E-state index contributed by atoms with van der Waals surface area (Å²) in [5, 5.41) is 0. The van der Waals surface area contributed by atoms with Gasteiger partial charge in [0.1, 0.15) is 0 Å². The lowest BCUT2D eigenvalue weighted by molar-refractivity contribution is 0.374. The summed E-state index contributed by atoms with van der Waals surface area (Å²) in [5.74, 6) is 1.21. The molecular weight excluding hydrogens is 236 g/mol. The van der Waals surface area contributed by atoms with Gasteiger partial charge in [-0.15, -0.1) is 0 Å². The largest absolute Gasteiger partial charge is 0.155 e. The quantitative estimate of drug-likeness (QED) is 0.509. The summed E-state index contributed by atoms with van der Waals surface area (Å²) in [4.78, 5) is 0. The molecule has 0 unspecified atom stereocenters. The Morgan fingerprint density at radius 3 is 1.78 bits per heavy atom. The SMILES string of the molecule is C=C(CCC(C)(C)C)CC(C)(C)SCC(C)(C)C. The molecule has 0 amide bonds. The van der Waals surface area contributed by atoms with E-state index in [1.54, 1.807) is 0 Å². The Hall–Kier alpha value is 0.0900. The smallest absolute Gasteiger partial charge is 0.0140 e. The van der Waals surface area contributed by atoms with Crippen LogP contribution in [0.4, 0.5) is 0 Å². The molecule has 108 valence electrons. The van der Waals surface area contributed by atoms with Crippen LogP contribution in [-0.2, 0) is 0 Å². The monoisotopic (exact) mass is 270 g/mol. The second-order valence-corrected chi connectivity index (χ2v) is 10.3. The highest BCUT2D eigenvalue weighted by molar-refractivity contribution is 8.00. The molecule has 0 aromatic carbocycles. The predicted octanol–water partition coefficient (Wildman–Crippen LogP) is 6.32. The van der Waals surface area contributed by atoms with Gasteiger partial charge in [-0.25, -0.2) is 0 Å². The number of thioether (sulfide) groups is 1. The zero-order chi connectivity index (χ0) is 14.6. The molecule has 0 N–H and O–H groups in total. The summed E-state index contributed by atoms with van der Waals surface area (Å²) in [6, 6.07) is 0. The van der Waals surface area contributed by atoms with Crippen LogP contribution in [-0.4, -0.2) is 10.5 Å². The molecule has 0 aliphatic rings. The van der Waals surface area contributed by atoms with E-state index in [9.17, 15) is 0 Å². The maximum atomic E-state index is 4.27. The van der Waals surface area contributed by atoms with Crippen LogP contribution in [0.3, 0.4) is 0 Å². The molecule has 0 aromatic rings. The van der Waals surface area contributed by atoms with E-state index in [2.05, 4.69) is 73.7 Å². The van der Waals surface area contributed by atoms with E-state index in [-0.39, 0.29) is 0 Å². The van der Waals surface area contributed by atoms with Gasteiger partial charge in [-0.2, -0.15) is 11.8 Å². The van der Waals surface area contributed by atoms with Crippen LogP contribution in [0.25, 0.3) is 0 Å². The fourth-order valence-electron chi connectivity index (χ4n) is 1.71. The molecule has 0 atom stereocenters. The average Bonchev–Trinajstić information content (AvgIpc) is 2.09. The first-order valence-electron chi connectivity index (χ1n) is 7.11. The highest BCUT2D eigenvalue weighted by atomic mass is 32.2. The van der Waals surface area contributed by atoms with Crippen molar-refractivity contribution in [1.82, 2.24) is 0 Å². The van der Waals surface area contributed by atoms with E-state index in [4.69, 9.17) is 0 Å². The van der Waals surface area contributed by atoms with Crippen molar-refractivity contribution in [1.29, 1.82) is 0 Å². The topological polar surface area (TPSA) is 0 Å².